The predicted molar refractivity (Wildman–Crippen MR) is 85.9 cm³/mol. The van der Waals surface area contributed by atoms with Crippen molar-refractivity contribution in [2.24, 2.45) is 5.73 Å². The topological polar surface area (TPSA) is 55.1 Å². The zero-order valence-electron chi connectivity index (χ0n) is 12.4. The molecule has 110 valence electrons. The van der Waals surface area contributed by atoms with Gasteiger partial charge in [-0.05, 0) is 30.0 Å². The Morgan fingerprint density at radius 1 is 1.10 bits per heavy atom. The summed E-state index contributed by atoms with van der Waals surface area (Å²) in [7, 11) is 0. The molecule has 3 heteroatoms. The van der Waals surface area contributed by atoms with Crippen LogP contribution in [-0.2, 0) is 11.2 Å². The first-order valence-electron chi connectivity index (χ1n) is 7.28. The second kappa shape index (κ2) is 7.60. The molecule has 0 saturated heterocycles. The van der Waals surface area contributed by atoms with Gasteiger partial charge in [0.2, 0.25) is 5.91 Å². The number of hydrogen-bond donors (Lipinski definition) is 2. The van der Waals surface area contributed by atoms with Crippen LogP contribution < -0.4 is 11.1 Å². The van der Waals surface area contributed by atoms with E-state index < -0.39 is 0 Å². The van der Waals surface area contributed by atoms with Crippen molar-refractivity contribution in [3.8, 4) is 0 Å². The predicted octanol–water partition coefficient (Wildman–Crippen LogP) is 2.74. The molecule has 0 heterocycles. The molecule has 1 amide bonds. The average Bonchev–Trinajstić information content (AvgIpc) is 2.50. The second-order valence-electron chi connectivity index (χ2n) is 5.26. The first-order valence-corrected chi connectivity index (χ1v) is 7.28. The third-order valence-electron chi connectivity index (χ3n) is 3.62. The highest BCUT2D eigenvalue weighted by Crippen LogP contribution is 2.12. The van der Waals surface area contributed by atoms with Gasteiger partial charge in [-0.1, -0.05) is 54.6 Å². The molecule has 1 unspecified atom stereocenters. The minimum atomic E-state index is -0.0371. The van der Waals surface area contributed by atoms with Crippen LogP contribution >= 0.6 is 0 Å². The fourth-order valence-electron chi connectivity index (χ4n) is 2.28. The van der Waals surface area contributed by atoms with E-state index in [4.69, 9.17) is 5.73 Å². The molecule has 0 radical (unpaired) electrons. The molecule has 0 saturated carbocycles. The highest BCUT2D eigenvalue weighted by atomic mass is 16.1. The van der Waals surface area contributed by atoms with Gasteiger partial charge in [0, 0.05) is 12.6 Å². The number of rotatable bonds is 6. The van der Waals surface area contributed by atoms with Crippen molar-refractivity contribution in [3.63, 3.8) is 0 Å². The highest BCUT2D eigenvalue weighted by Gasteiger charge is 2.08. The van der Waals surface area contributed by atoms with Crippen LogP contribution in [0.15, 0.2) is 54.6 Å². The van der Waals surface area contributed by atoms with E-state index in [2.05, 4.69) is 5.32 Å². The third kappa shape index (κ3) is 4.72. The van der Waals surface area contributed by atoms with Gasteiger partial charge in [-0.25, -0.2) is 0 Å². The van der Waals surface area contributed by atoms with E-state index in [9.17, 15) is 4.79 Å². The van der Waals surface area contributed by atoms with Crippen molar-refractivity contribution in [2.45, 2.75) is 25.8 Å². The van der Waals surface area contributed by atoms with Gasteiger partial charge in [0.05, 0.1) is 6.42 Å². The van der Waals surface area contributed by atoms with Gasteiger partial charge < -0.3 is 11.1 Å². The van der Waals surface area contributed by atoms with Gasteiger partial charge in [0.15, 0.2) is 0 Å². The smallest absolute Gasteiger partial charge is 0.224 e. The van der Waals surface area contributed by atoms with Crippen LogP contribution in [0.2, 0.25) is 0 Å². The first-order chi connectivity index (χ1) is 10.2. The molecule has 21 heavy (non-hydrogen) atoms. The SMILES string of the molecule is Cc1ccccc1CC(=O)NCCC(N)c1ccccc1. The maximum Gasteiger partial charge on any atom is 0.224 e. The summed E-state index contributed by atoms with van der Waals surface area (Å²) in [5.41, 5.74) is 9.43. The monoisotopic (exact) mass is 282 g/mol. The van der Waals surface area contributed by atoms with Crippen molar-refractivity contribution in [3.05, 3.63) is 71.3 Å². The number of aryl methyl sites for hydroxylation is 1. The van der Waals surface area contributed by atoms with Gasteiger partial charge in [-0.3, -0.25) is 4.79 Å². The molecule has 2 aromatic carbocycles. The zero-order chi connectivity index (χ0) is 15.1. The second-order valence-corrected chi connectivity index (χ2v) is 5.26. The van der Waals surface area contributed by atoms with E-state index in [-0.39, 0.29) is 11.9 Å². The van der Waals surface area contributed by atoms with Gasteiger partial charge in [-0.15, -0.1) is 0 Å². The Morgan fingerprint density at radius 3 is 2.48 bits per heavy atom. The summed E-state index contributed by atoms with van der Waals surface area (Å²) >= 11 is 0. The number of nitrogens with two attached hydrogens (primary N) is 1. The summed E-state index contributed by atoms with van der Waals surface area (Å²) in [6.45, 7) is 2.62. The van der Waals surface area contributed by atoms with Crippen molar-refractivity contribution < 1.29 is 4.79 Å². The van der Waals surface area contributed by atoms with Crippen LogP contribution in [0.4, 0.5) is 0 Å². The lowest BCUT2D eigenvalue weighted by atomic mass is 10.0. The fourth-order valence-corrected chi connectivity index (χ4v) is 2.28. The zero-order valence-corrected chi connectivity index (χ0v) is 12.4. The van der Waals surface area contributed by atoms with E-state index in [1.54, 1.807) is 0 Å². The maximum absolute atomic E-state index is 11.9. The molecule has 2 rings (SSSR count). The van der Waals surface area contributed by atoms with Gasteiger partial charge in [0.25, 0.3) is 0 Å². The van der Waals surface area contributed by atoms with E-state index >= 15 is 0 Å². The molecule has 3 nitrogen and oxygen atoms in total. The maximum atomic E-state index is 11.9. The Bertz CT molecular complexity index is 581. The molecule has 0 bridgehead atoms. The minimum Gasteiger partial charge on any atom is -0.356 e. The number of amides is 1. The molecule has 0 spiro atoms. The van der Waals surface area contributed by atoms with Crippen LogP contribution in [-0.4, -0.2) is 12.5 Å². The molecule has 0 aliphatic carbocycles. The Morgan fingerprint density at radius 2 is 1.76 bits per heavy atom. The lowest BCUT2D eigenvalue weighted by Gasteiger charge is -2.13. The Kier molecular flexibility index (Phi) is 5.52. The lowest BCUT2D eigenvalue weighted by Crippen LogP contribution is -2.28. The van der Waals surface area contributed by atoms with E-state index in [0.717, 1.165) is 23.1 Å². The minimum absolute atomic E-state index is 0.0371. The van der Waals surface area contributed by atoms with Crippen molar-refractivity contribution >= 4 is 5.91 Å². The Labute approximate surface area is 126 Å². The normalized spacial score (nSPS) is 11.9. The molecule has 2 aromatic rings. The van der Waals surface area contributed by atoms with E-state index in [1.165, 1.54) is 0 Å². The number of carbonyl (C=O) groups excluding carboxylic acids is 1. The average molecular weight is 282 g/mol. The molecule has 3 N–H and O–H groups in total. The summed E-state index contributed by atoms with van der Waals surface area (Å²) in [5.74, 6) is 0.0459. The van der Waals surface area contributed by atoms with Gasteiger partial charge in [-0.2, -0.15) is 0 Å². The third-order valence-corrected chi connectivity index (χ3v) is 3.62. The van der Waals surface area contributed by atoms with Crippen LogP contribution in [0, 0.1) is 6.92 Å². The fraction of sp³-hybridized carbons (Fsp3) is 0.278. The Hall–Kier alpha value is -2.13. The Balaban J connectivity index is 1.76. The number of benzene rings is 2. The van der Waals surface area contributed by atoms with Crippen LogP contribution in [0.1, 0.15) is 29.2 Å². The highest BCUT2D eigenvalue weighted by molar-refractivity contribution is 5.78. The summed E-state index contributed by atoms with van der Waals surface area (Å²) in [6.07, 6.45) is 1.16. The summed E-state index contributed by atoms with van der Waals surface area (Å²) in [6, 6.07) is 17.9. The van der Waals surface area contributed by atoms with E-state index in [0.29, 0.717) is 13.0 Å². The number of hydrogen-bond acceptors (Lipinski definition) is 2. The van der Waals surface area contributed by atoms with Gasteiger partial charge in [0.1, 0.15) is 0 Å². The molecule has 1 atom stereocenters. The van der Waals surface area contributed by atoms with Crippen LogP contribution in [0.25, 0.3) is 0 Å². The number of nitrogens with one attached hydrogen (secondary N) is 1. The molecule has 0 fully saturated rings. The quantitative estimate of drug-likeness (QED) is 0.856. The molecule has 0 aliphatic rings. The molecule has 0 aliphatic heterocycles. The molecular formula is C18H22N2O. The summed E-state index contributed by atoms with van der Waals surface area (Å²) in [4.78, 5) is 11.9. The van der Waals surface area contributed by atoms with Crippen LogP contribution in [0.5, 0.6) is 0 Å². The summed E-state index contributed by atoms with van der Waals surface area (Å²) in [5, 5.41) is 2.94. The van der Waals surface area contributed by atoms with Gasteiger partial charge >= 0.3 is 0 Å². The molecule has 0 aromatic heterocycles. The van der Waals surface area contributed by atoms with E-state index in [1.807, 2.05) is 61.5 Å². The standard InChI is InChI=1S/C18H22N2O/c1-14-7-5-6-10-16(14)13-18(21)20-12-11-17(19)15-8-3-2-4-9-15/h2-10,17H,11-13,19H2,1H3,(H,20,21). The number of carbonyl (C=O) groups is 1. The van der Waals surface area contributed by atoms with Crippen molar-refractivity contribution in [1.29, 1.82) is 0 Å². The van der Waals surface area contributed by atoms with Crippen molar-refractivity contribution in [1.82, 2.24) is 5.32 Å². The first kappa shape index (κ1) is 15.3. The van der Waals surface area contributed by atoms with Crippen molar-refractivity contribution in [2.75, 3.05) is 6.54 Å². The largest absolute Gasteiger partial charge is 0.356 e. The lowest BCUT2D eigenvalue weighted by molar-refractivity contribution is -0.120. The van der Waals surface area contributed by atoms with Crippen LogP contribution in [0.3, 0.4) is 0 Å². The molecular weight excluding hydrogens is 260 g/mol. The summed E-state index contributed by atoms with van der Waals surface area (Å²) < 4.78 is 0.